The molecule has 0 fully saturated rings. The largest absolute Gasteiger partial charge is 0.485 e. The van der Waals surface area contributed by atoms with E-state index in [1.807, 2.05) is 6.07 Å². The van der Waals surface area contributed by atoms with Crippen LogP contribution in [0.2, 0.25) is 0 Å². The van der Waals surface area contributed by atoms with Crippen LogP contribution in [0.1, 0.15) is 47.4 Å². The second-order valence-corrected chi connectivity index (χ2v) is 6.73. The van der Waals surface area contributed by atoms with Gasteiger partial charge in [-0.1, -0.05) is 56.3 Å². The third kappa shape index (κ3) is 6.70. The van der Waals surface area contributed by atoms with Gasteiger partial charge in [-0.25, -0.2) is 0 Å². The van der Waals surface area contributed by atoms with Gasteiger partial charge in [-0.05, 0) is 24.5 Å². The van der Waals surface area contributed by atoms with Crippen LogP contribution in [0.4, 0.5) is 0 Å². The van der Waals surface area contributed by atoms with Crippen molar-refractivity contribution >= 4 is 17.5 Å². The second-order valence-electron chi connectivity index (χ2n) is 6.73. The summed E-state index contributed by atoms with van der Waals surface area (Å²) in [6, 6.07) is 15.5. The molecule has 1 N–H and O–H groups in total. The zero-order valence-corrected chi connectivity index (χ0v) is 15.7. The molecule has 0 bridgehead atoms. The smallest absolute Gasteiger partial charge is 0.255 e. The summed E-state index contributed by atoms with van der Waals surface area (Å²) in [5.74, 6) is 0.197. The fraction of sp³-hybridized carbons (Fsp3) is 0.318. The zero-order chi connectivity index (χ0) is 19.6. The third-order valence-corrected chi connectivity index (χ3v) is 4.03. The van der Waals surface area contributed by atoms with E-state index in [1.54, 1.807) is 48.5 Å². The Morgan fingerprint density at radius 2 is 1.63 bits per heavy atom. The van der Waals surface area contributed by atoms with E-state index < -0.39 is 5.91 Å². The van der Waals surface area contributed by atoms with Crippen LogP contribution in [0.3, 0.4) is 0 Å². The number of nitrogens with one attached hydrogen (secondary N) is 1. The molecule has 0 saturated heterocycles. The summed E-state index contributed by atoms with van der Waals surface area (Å²) in [6.07, 6.45) is 1.27. The SMILES string of the molecule is CC(C)CCC(=O)COc1ccccc1C(=O)NCC(=O)c1ccccc1. The first kappa shape index (κ1) is 20.4. The standard InChI is InChI=1S/C22H25NO4/c1-16(2)12-13-18(24)15-27-21-11-7-6-10-19(21)22(26)23-14-20(25)17-8-4-3-5-9-17/h3-11,16H,12-15H2,1-2H3,(H,23,26). The Morgan fingerprint density at radius 3 is 2.33 bits per heavy atom. The maximum atomic E-state index is 12.4. The highest BCUT2D eigenvalue weighted by atomic mass is 16.5. The van der Waals surface area contributed by atoms with Crippen molar-refractivity contribution in [2.24, 2.45) is 5.92 Å². The van der Waals surface area contributed by atoms with Gasteiger partial charge in [-0.3, -0.25) is 14.4 Å². The summed E-state index contributed by atoms with van der Waals surface area (Å²) in [4.78, 5) is 36.5. The molecule has 5 heteroatoms. The molecule has 0 atom stereocenters. The predicted octanol–water partition coefficient (Wildman–Crippen LogP) is 3.68. The van der Waals surface area contributed by atoms with Crippen molar-refractivity contribution in [3.05, 3.63) is 65.7 Å². The Hall–Kier alpha value is -2.95. The molecule has 0 aliphatic rings. The molecule has 0 heterocycles. The van der Waals surface area contributed by atoms with Crippen LogP contribution in [0.25, 0.3) is 0 Å². The molecule has 0 unspecified atom stereocenters. The molecule has 0 aliphatic carbocycles. The van der Waals surface area contributed by atoms with Gasteiger partial charge in [0.2, 0.25) is 0 Å². The molecule has 0 aromatic heterocycles. The number of ether oxygens (including phenoxy) is 1. The zero-order valence-electron chi connectivity index (χ0n) is 15.7. The summed E-state index contributed by atoms with van der Waals surface area (Å²) in [5, 5.41) is 2.61. The van der Waals surface area contributed by atoms with Crippen molar-refractivity contribution in [1.29, 1.82) is 0 Å². The first-order valence-electron chi connectivity index (χ1n) is 9.07. The molecule has 1 amide bonds. The Bertz CT molecular complexity index is 784. The maximum Gasteiger partial charge on any atom is 0.255 e. The van der Waals surface area contributed by atoms with Gasteiger partial charge in [0.15, 0.2) is 11.6 Å². The average Bonchev–Trinajstić information content (AvgIpc) is 2.69. The molecular weight excluding hydrogens is 342 g/mol. The first-order valence-corrected chi connectivity index (χ1v) is 9.07. The van der Waals surface area contributed by atoms with Crippen molar-refractivity contribution < 1.29 is 19.1 Å². The first-order chi connectivity index (χ1) is 13.0. The number of ketones is 2. The topological polar surface area (TPSA) is 72.5 Å². The molecule has 142 valence electrons. The summed E-state index contributed by atoms with van der Waals surface area (Å²) >= 11 is 0. The minimum atomic E-state index is -0.412. The van der Waals surface area contributed by atoms with Crippen LogP contribution < -0.4 is 10.1 Å². The maximum absolute atomic E-state index is 12.4. The van der Waals surface area contributed by atoms with Gasteiger partial charge in [0.25, 0.3) is 5.91 Å². The summed E-state index contributed by atoms with van der Waals surface area (Å²) in [5.41, 5.74) is 0.841. The summed E-state index contributed by atoms with van der Waals surface area (Å²) < 4.78 is 5.55. The Kier molecular flexibility index (Phi) is 7.74. The number of carbonyl (C=O) groups is 3. The lowest BCUT2D eigenvalue weighted by atomic mass is 10.1. The van der Waals surface area contributed by atoms with Gasteiger partial charge in [-0.15, -0.1) is 0 Å². The van der Waals surface area contributed by atoms with E-state index in [2.05, 4.69) is 19.2 Å². The van der Waals surface area contributed by atoms with Crippen molar-refractivity contribution in [2.45, 2.75) is 26.7 Å². The number of hydrogen-bond acceptors (Lipinski definition) is 4. The van der Waals surface area contributed by atoms with Crippen molar-refractivity contribution in [3.8, 4) is 5.75 Å². The molecule has 0 aliphatic heterocycles. The molecular formula is C22H25NO4. The van der Waals surface area contributed by atoms with E-state index in [9.17, 15) is 14.4 Å². The van der Waals surface area contributed by atoms with E-state index in [-0.39, 0.29) is 24.7 Å². The van der Waals surface area contributed by atoms with E-state index in [1.165, 1.54) is 0 Å². The van der Waals surface area contributed by atoms with Crippen LogP contribution in [0.5, 0.6) is 5.75 Å². The molecule has 0 spiro atoms. The van der Waals surface area contributed by atoms with Crippen molar-refractivity contribution in [2.75, 3.05) is 13.2 Å². The number of amides is 1. The molecule has 2 rings (SSSR count). The van der Waals surface area contributed by atoms with Gasteiger partial charge in [0.05, 0.1) is 12.1 Å². The number of para-hydroxylation sites is 1. The van der Waals surface area contributed by atoms with Crippen LogP contribution in [0.15, 0.2) is 54.6 Å². The predicted molar refractivity (Wildman–Crippen MR) is 104 cm³/mol. The third-order valence-electron chi connectivity index (χ3n) is 4.03. The number of benzene rings is 2. The Morgan fingerprint density at radius 1 is 0.963 bits per heavy atom. The fourth-order valence-corrected chi connectivity index (χ4v) is 2.44. The van der Waals surface area contributed by atoms with Gasteiger partial charge in [0, 0.05) is 12.0 Å². The minimum Gasteiger partial charge on any atom is -0.485 e. The van der Waals surface area contributed by atoms with Crippen LogP contribution in [0, 0.1) is 5.92 Å². The van der Waals surface area contributed by atoms with Crippen LogP contribution in [-0.2, 0) is 4.79 Å². The fourth-order valence-electron chi connectivity index (χ4n) is 2.44. The van der Waals surface area contributed by atoms with Crippen molar-refractivity contribution in [3.63, 3.8) is 0 Å². The molecule has 0 radical (unpaired) electrons. The number of carbonyl (C=O) groups excluding carboxylic acids is 3. The second kappa shape index (κ2) is 10.3. The highest BCUT2D eigenvalue weighted by Gasteiger charge is 2.15. The molecule has 2 aromatic rings. The quantitative estimate of drug-likeness (QED) is 0.650. The lowest BCUT2D eigenvalue weighted by molar-refractivity contribution is -0.121. The van der Waals surface area contributed by atoms with E-state index in [0.717, 1.165) is 6.42 Å². The highest BCUT2D eigenvalue weighted by Crippen LogP contribution is 2.18. The van der Waals surface area contributed by atoms with Crippen molar-refractivity contribution in [1.82, 2.24) is 5.32 Å². The minimum absolute atomic E-state index is 0.00170. The molecule has 5 nitrogen and oxygen atoms in total. The highest BCUT2D eigenvalue weighted by molar-refractivity contribution is 6.03. The number of Topliss-reactive ketones (excluding diaryl/α,β-unsaturated/α-hetero) is 2. The molecule has 2 aromatic carbocycles. The Balaban J connectivity index is 1.92. The lowest BCUT2D eigenvalue weighted by Gasteiger charge is -2.11. The van der Waals surface area contributed by atoms with E-state index >= 15 is 0 Å². The molecule has 27 heavy (non-hydrogen) atoms. The monoisotopic (exact) mass is 367 g/mol. The lowest BCUT2D eigenvalue weighted by Crippen LogP contribution is -2.30. The normalized spacial score (nSPS) is 10.5. The van der Waals surface area contributed by atoms with Crippen LogP contribution >= 0.6 is 0 Å². The number of rotatable bonds is 10. The molecule has 0 saturated carbocycles. The van der Waals surface area contributed by atoms with E-state index in [0.29, 0.717) is 29.2 Å². The average molecular weight is 367 g/mol. The summed E-state index contributed by atoms with van der Waals surface area (Å²) in [7, 11) is 0. The van der Waals surface area contributed by atoms with Gasteiger partial charge < -0.3 is 10.1 Å². The van der Waals surface area contributed by atoms with E-state index in [4.69, 9.17) is 4.74 Å². The van der Waals surface area contributed by atoms with Gasteiger partial charge in [-0.2, -0.15) is 0 Å². The van der Waals surface area contributed by atoms with Crippen LogP contribution in [-0.4, -0.2) is 30.6 Å². The van der Waals surface area contributed by atoms with Gasteiger partial charge in [0.1, 0.15) is 12.4 Å². The van der Waals surface area contributed by atoms with Gasteiger partial charge >= 0.3 is 0 Å². The summed E-state index contributed by atoms with van der Waals surface area (Å²) in [6.45, 7) is 3.94. The number of hydrogen-bond donors (Lipinski definition) is 1. The Labute approximate surface area is 159 Å².